The average molecular weight is 390 g/mol. The van der Waals surface area contributed by atoms with E-state index >= 15 is 0 Å². The van der Waals surface area contributed by atoms with Crippen LogP contribution in [-0.4, -0.2) is 60.6 Å². The van der Waals surface area contributed by atoms with E-state index in [1.165, 1.54) is 0 Å². The molecule has 28 heavy (non-hydrogen) atoms. The number of carbonyl (C=O) groups excluding carboxylic acids is 3. The van der Waals surface area contributed by atoms with E-state index in [2.05, 4.69) is 5.32 Å². The van der Waals surface area contributed by atoms with Gasteiger partial charge in [0.1, 0.15) is 6.04 Å². The molecule has 1 fully saturated rings. The number of ether oxygens (including phenoxy) is 2. The Labute approximate surface area is 166 Å². The predicted molar refractivity (Wildman–Crippen MR) is 104 cm³/mol. The van der Waals surface area contributed by atoms with Gasteiger partial charge in [-0.3, -0.25) is 9.59 Å². The molecule has 0 bridgehead atoms. The summed E-state index contributed by atoms with van der Waals surface area (Å²) >= 11 is 0. The lowest BCUT2D eigenvalue weighted by Gasteiger charge is -2.35. The van der Waals surface area contributed by atoms with Gasteiger partial charge in [0.15, 0.2) is 6.61 Å². The van der Waals surface area contributed by atoms with Crippen molar-refractivity contribution in [1.29, 1.82) is 0 Å². The Kier molecular flexibility index (Phi) is 7.99. The normalized spacial score (nSPS) is 20.5. The maximum Gasteiger partial charge on any atom is 0.329 e. The Balaban J connectivity index is 1.86. The molecular formula is C21H30N2O5. The largest absolute Gasteiger partial charge is 0.454 e. The smallest absolute Gasteiger partial charge is 0.329 e. The van der Waals surface area contributed by atoms with Crippen LogP contribution in [0, 0.1) is 5.92 Å². The van der Waals surface area contributed by atoms with Gasteiger partial charge in [-0.2, -0.15) is 0 Å². The van der Waals surface area contributed by atoms with Crippen molar-refractivity contribution in [2.75, 3.05) is 19.7 Å². The molecule has 154 valence electrons. The molecular weight excluding hydrogens is 360 g/mol. The van der Waals surface area contributed by atoms with Gasteiger partial charge in [-0.1, -0.05) is 44.2 Å². The zero-order valence-corrected chi connectivity index (χ0v) is 17.0. The predicted octanol–water partition coefficient (Wildman–Crippen LogP) is 1.55. The maximum absolute atomic E-state index is 12.5. The number of benzene rings is 1. The van der Waals surface area contributed by atoms with Crippen LogP contribution in [0.1, 0.15) is 33.3 Å². The third-order valence-corrected chi connectivity index (χ3v) is 4.55. The van der Waals surface area contributed by atoms with Crippen LogP contribution in [0.25, 0.3) is 0 Å². The van der Waals surface area contributed by atoms with Crippen LogP contribution >= 0.6 is 0 Å². The van der Waals surface area contributed by atoms with Crippen molar-refractivity contribution in [2.45, 2.75) is 52.4 Å². The van der Waals surface area contributed by atoms with Gasteiger partial charge in [0.25, 0.3) is 5.91 Å². The van der Waals surface area contributed by atoms with Crippen molar-refractivity contribution >= 4 is 17.8 Å². The minimum atomic E-state index is -0.799. The van der Waals surface area contributed by atoms with Crippen molar-refractivity contribution in [3.8, 4) is 0 Å². The molecule has 0 aliphatic carbocycles. The molecule has 1 heterocycles. The van der Waals surface area contributed by atoms with Gasteiger partial charge in [0, 0.05) is 13.1 Å². The van der Waals surface area contributed by atoms with Crippen molar-refractivity contribution < 1.29 is 23.9 Å². The van der Waals surface area contributed by atoms with E-state index in [-0.39, 0.29) is 43.0 Å². The van der Waals surface area contributed by atoms with E-state index in [0.29, 0.717) is 13.1 Å². The highest BCUT2D eigenvalue weighted by Gasteiger charge is 2.29. The summed E-state index contributed by atoms with van der Waals surface area (Å²) in [6.45, 7) is 8.06. The number of hydrogen-bond acceptors (Lipinski definition) is 5. The van der Waals surface area contributed by atoms with Gasteiger partial charge in [0.05, 0.1) is 18.6 Å². The topological polar surface area (TPSA) is 84.9 Å². The fourth-order valence-electron chi connectivity index (χ4n) is 3.20. The number of carbonyl (C=O) groups is 3. The molecule has 2 rings (SSSR count). The van der Waals surface area contributed by atoms with Gasteiger partial charge in [-0.15, -0.1) is 0 Å². The molecule has 1 N–H and O–H groups in total. The molecule has 0 radical (unpaired) electrons. The summed E-state index contributed by atoms with van der Waals surface area (Å²) in [6, 6.07) is 8.50. The Morgan fingerprint density at radius 3 is 2.32 bits per heavy atom. The standard InChI is InChI=1S/C21H30N2O5/c1-14(2)20(22-18(24)10-17-8-6-5-7-9-17)21(26)27-13-19(25)23-11-15(3)28-16(4)12-23/h5-9,14-16,20H,10-13H2,1-4H3,(H,22,24)/t15-,16+,20-/m0/s1. The molecule has 1 aliphatic rings. The number of hydrogen-bond donors (Lipinski definition) is 1. The van der Waals surface area contributed by atoms with E-state index < -0.39 is 12.0 Å². The van der Waals surface area contributed by atoms with Gasteiger partial charge >= 0.3 is 5.97 Å². The maximum atomic E-state index is 12.5. The summed E-state index contributed by atoms with van der Waals surface area (Å²) in [4.78, 5) is 38.7. The minimum absolute atomic E-state index is 0.0518. The average Bonchev–Trinajstić information content (AvgIpc) is 2.63. The van der Waals surface area contributed by atoms with Crippen LogP contribution in [0.2, 0.25) is 0 Å². The summed E-state index contributed by atoms with van der Waals surface area (Å²) in [5.74, 6) is -1.28. The van der Waals surface area contributed by atoms with Crippen LogP contribution in [0.5, 0.6) is 0 Å². The second-order valence-electron chi connectivity index (χ2n) is 7.62. The van der Waals surface area contributed by atoms with Crippen molar-refractivity contribution in [3.05, 3.63) is 35.9 Å². The third-order valence-electron chi connectivity index (χ3n) is 4.55. The van der Waals surface area contributed by atoms with E-state index in [9.17, 15) is 14.4 Å². The van der Waals surface area contributed by atoms with E-state index in [1.807, 2.05) is 58.0 Å². The lowest BCUT2D eigenvalue weighted by Crippen LogP contribution is -2.50. The van der Waals surface area contributed by atoms with E-state index in [4.69, 9.17) is 9.47 Å². The SMILES string of the molecule is CC(C)[C@H](NC(=O)Cc1ccccc1)C(=O)OCC(=O)N1C[C@@H](C)O[C@@H](C)C1. The fourth-order valence-corrected chi connectivity index (χ4v) is 3.20. The van der Waals surface area contributed by atoms with E-state index in [1.54, 1.807) is 4.90 Å². The minimum Gasteiger partial charge on any atom is -0.454 e. The first-order valence-electron chi connectivity index (χ1n) is 9.69. The first-order chi connectivity index (χ1) is 13.3. The van der Waals surface area contributed by atoms with Gasteiger partial charge in [-0.05, 0) is 25.3 Å². The molecule has 0 aromatic heterocycles. The zero-order chi connectivity index (χ0) is 20.7. The highest BCUT2D eigenvalue weighted by atomic mass is 16.5. The molecule has 1 aromatic rings. The number of nitrogens with one attached hydrogen (secondary N) is 1. The lowest BCUT2D eigenvalue weighted by molar-refractivity contribution is -0.159. The van der Waals surface area contributed by atoms with Gasteiger partial charge in [-0.25, -0.2) is 4.79 Å². The fraction of sp³-hybridized carbons (Fsp3) is 0.571. The highest BCUT2D eigenvalue weighted by molar-refractivity contribution is 5.87. The molecule has 7 nitrogen and oxygen atoms in total. The Hall–Kier alpha value is -2.41. The molecule has 0 spiro atoms. The summed E-state index contributed by atoms with van der Waals surface area (Å²) in [7, 11) is 0. The molecule has 0 saturated carbocycles. The third kappa shape index (κ3) is 6.64. The summed E-state index contributed by atoms with van der Waals surface area (Å²) in [5.41, 5.74) is 0.863. The molecule has 1 aromatic carbocycles. The van der Waals surface area contributed by atoms with Crippen LogP contribution in [0.15, 0.2) is 30.3 Å². The summed E-state index contributed by atoms with van der Waals surface area (Å²) < 4.78 is 10.8. The number of rotatable bonds is 7. The first kappa shape index (κ1) is 21.9. The second-order valence-corrected chi connectivity index (χ2v) is 7.62. The van der Waals surface area contributed by atoms with Crippen LogP contribution in [0.4, 0.5) is 0 Å². The van der Waals surface area contributed by atoms with Crippen molar-refractivity contribution in [2.24, 2.45) is 5.92 Å². The second kappa shape index (κ2) is 10.2. The monoisotopic (exact) mass is 390 g/mol. The number of esters is 1. The number of nitrogens with zero attached hydrogens (tertiary/aromatic N) is 1. The molecule has 3 atom stereocenters. The summed E-state index contributed by atoms with van der Waals surface area (Å²) in [5, 5.41) is 2.72. The van der Waals surface area contributed by atoms with Crippen LogP contribution in [-0.2, 0) is 30.3 Å². The molecule has 7 heteroatoms. The first-order valence-corrected chi connectivity index (χ1v) is 9.69. The molecule has 1 saturated heterocycles. The summed E-state index contributed by atoms with van der Waals surface area (Å²) in [6.07, 6.45) is 0.0768. The quantitative estimate of drug-likeness (QED) is 0.714. The number of amides is 2. The van der Waals surface area contributed by atoms with Gasteiger partial charge < -0.3 is 19.7 Å². The van der Waals surface area contributed by atoms with Crippen LogP contribution < -0.4 is 5.32 Å². The molecule has 2 amide bonds. The van der Waals surface area contributed by atoms with Gasteiger partial charge in [0.2, 0.25) is 5.91 Å². The van der Waals surface area contributed by atoms with Crippen molar-refractivity contribution in [1.82, 2.24) is 10.2 Å². The lowest BCUT2D eigenvalue weighted by atomic mass is 10.0. The van der Waals surface area contributed by atoms with E-state index in [0.717, 1.165) is 5.56 Å². The van der Waals surface area contributed by atoms with Crippen LogP contribution in [0.3, 0.4) is 0 Å². The molecule has 1 aliphatic heterocycles. The number of morpholine rings is 1. The zero-order valence-electron chi connectivity index (χ0n) is 17.0. The van der Waals surface area contributed by atoms with Crippen molar-refractivity contribution in [3.63, 3.8) is 0 Å². The molecule has 0 unspecified atom stereocenters. The highest BCUT2D eigenvalue weighted by Crippen LogP contribution is 2.11. The Morgan fingerprint density at radius 2 is 1.75 bits per heavy atom. The Bertz CT molecular complexity index is 667. The Morgan fingerprint density at radius 1 is 1.14 bits per heavy atom.